The van der Waals surface area contributed by atoms with Gasteiger partial charge in [0, 0.05) is 50.7 Å². The topological polar surface area (TPSA) is 50.6 Å². The minimum Gasteiger partial charge on any atom is -0.370 e. The van der Waals surface area contributed by atoms with E-state index in [4.69, 9.17) is 11.6 Å². The predicted octanol–water partition coefficient (Wildman–Crippen LogP) is 2.59. The number of piperidine rings is 1. The Kier molecular flexibility index (Phi) is 5.82. The molecule has 0 aliphatic carbocycles. The summed E-state index contributed by atoms with van der Waals surface area (Å²) in [5, 5.41) is 9.95. The van der Waals surface area contributed by atoms with Gasteiger partial charge in [0.15, 0.2) is 0 Å². The highest BCUT2D eigenvalue weighted by molar-refractivity contribution is 6.30. The Morgan fingerprint density at radius 3 is 2.52 bits per heavy atom. The van der Waals surface area contributed by atoms with Crippen LogP contribution in [0.25, 0.3) is 0 Å². The number of nitrogens with zero attached hydrogens (tertiary/aromatic N) is 4. The maximum atomic E-state index is 12.5. The van der Waals surface area contributed by atoms with E-state index in [1.165, 1.54) is 0 Å². The highest BCUT2D eigenvalue weighted by atomic mass is 35.5. The summed E-state index contributed by atoms with van der Waals surface area (Å²) in [6.45, 7) is 5.38. The van der Waals surface area contributed by atoms with Crippen molar-refractivity contribution in [1.82, 2.24) is 9.80 Å². The normalized spacial score (nSPS) is 19.7. The van der Waals surface area contributed by atoms with Gasteiger partial charge < -0.3 is 14.7 Å². The molecule has 1 aromatic carbocycles. The van der Waals surface area contributed by atoms with Crippen LogP contribution in [0.4, 0.5) is 5.69 Å². The van der Waals surface area contributed by atoms with E-state index in [2.05, 4.69) is 22.9 Å². The summed E-state index contributed by atoms with van der Waals surface area (Å²) in [4.78, 5) is 19.0. The van der Waals surface area contributed by atoms with E-state index in [0.717, 1.165) is 57.8 Å². The molecule has 0 radical (unpaired) electrons. The highest BCUT2D eigenvalue weighted by Crippen LogP contribution is 2.30. The fourth-order valence-corrected chi connectivity index (χ4v) is 3.84. The largest absolute Gasteiger partial charge is 0.370 e. The van der Waals surface area contributed by atoms with Crippen LogP contribution in [-0.4, -0.2) is 62.0 Å². The van der Waals surface area contributed by atoms with Crippen LogP contribution in [-0.2, 0) is 4.79 Å². The summed E-state index contributed by atoms with van der Waals surface area (Å²) in [6, 6.07) is 7.65. The van der Waals surface area contributed by atoms with Crippen LogP contribution in [0.3, 0.4) is 0 Å². The first-order valence-corrected chi connectivity index (χ1v) is 9.35. The van der Waals surface area contributed by atoms with Crippen molar-refractivity contribution in [2.45, 2.75) is 19.3 Å². The molecule has 2 heterocycles. The predicted molar refractivity (Wildman–Crippen MR) is 99.8 cm³/mol. The number of carbonyl (C=O) groups excluding carboxylic acids is 1. The molecule has 0 bridgehead atoms. The lowest BCUT2D eigenvalue weighted by atomic mass is 9.92. The zero-order valence-electron chi connectivity index (χ0n) is 14.7. The van der Waals surface area contributed by atoms with Crippen molar-refractivity contribution < 1.29 is 4.79 Å². The van der Waals surface area contributed by atoms with E-state index in [0.29, 0.717) is 28.8 Å². The Labute approximate surface area is 154 Å². The lowest BCUT2D eigenvalue weighted by Gasteiger charge is -2.36. The van der Waals surface area contributed by atoms with Crippen LogP contribution >= 0.6 is 11.6 Å². The van der Waals surface area contributed by atoms with Gasteiger partial charge in [0.05, 0.1) is 11.3 Å². The summed E-state index contributed by atoms with van der Waals surface area (Å²) in [5.74, 6) is 0.736. The first-order valence-electron chi connectivity index (χ1n) is 8.97. The molecule has 25 heavy (non-hydrogen) atoms. The number of halogens is 1. The summed E-state index contributed by atoms with van der Waals surface area (Å²) in [7, 11) is 2.10. The molecule has 0 aromatic heterocycles. The Hall–Kier alpha value is -1.77. The van der Waals surface area contributed by atoms with E-state index in [9.17, 15) is 10.1 Å². The SMILES string of the molecule is CN1CCN(C(=O)CC2CCN(c3cc(Cl)ccc3C#N)CC2)CC1. The third-order valence-electron chi connectivity index (χ3n) is 5.35. The lowest BCUT2D eigenvalue weighted by molar-refractivity contribution is -0.133. The van der Waals surface area contributed by atoms with Crippen molar-refractivity contribution in [2.24, 2.45) is 5.92 Å². The fraction of sp³-hybridized carbons (Fsp3) is 0.579. The van der Waals surface area contributed by atoms with Gasteiger partial charge in [0.2, 0.25) is 5.91 Å². The van der Waals surface area contributed by atoms with Crippen LogP contribution in [0.15, 0.2) is 18.2 Å². The molecule has 2 aliphatic rings. The maximum absolute atomic E-state index is 12.5. The van der Waals surface area contributed by atoms with Crippen LogP contribution in [0, 0.1) is 17.2 Å². The second-order valence-corrected chi connectivity index (χ2v) is 7.53. The highest BCUT2D eigenvalue weighted by Gasteiger charge is 2.26. The number of nitriles is 1. The number of anilines is 1. The van der Waals surface area contributed by atoms with E-state index in [-0.39, 0.29) is 0 Å². The number of hydrogen-bond donors (Lipinski definition) is 0. The average Bonchev–Trinajstić information content (AvgIpc) is 2.63. The van der Waals surface area contributed by atoms with Crippen molar-refractivity contribution >= 4 is 23.2 Å². The van der Waals surface area contributed by atoms with Gasteiger partial charge in [-0.15, -0.1) is 0 Å². The molecule has 3 rings (SSSR count). The molecule has 0 atom stereocenters. The van der Waals surface area contributed by atoms with Gasteiger partial charge >= 0.3 is 0 Å². The molecule has 0 unspecified atom stereocenters. The van der Waals surface area contributed by atoms with Gasteiger partial charge in [0.1, 0.15) is 6.07 Å². The fourth-order valence-electron chi connectivity index (χ4n) is 3.67. The number of benzene rings is 1. The van der Waals surface area contributed by atoms with Crippen LogP contribution in [0.2, 0.25) is 5.02 Å². The number of likely N-dealkylation sites (N-methyl/N-ethyl adjacent to an activating group) is 1. The quantitative estimate of drug-likeness (QED) is 0.831. The smallest absolute Gasteiger partial charge is 0.222 e. The van der Waals surface area contributed by atoms with E-state index < -0.39 is 0 Å². The monoisotopic (exact) mass is 360 g/mol. The molecule has 2 saturated heterocycles. The second kappa shape index (κ2) is 8.07. The molecule has 0 N–H and O–H groups in total. The van der Waals surface area contributed by atoms with Crippen LogP contribution in [0.1, 0.15) is 24.8 Å². The van der Waals surface area contributed by atoms with Crippen LogP contribution in [0.5, 0.6) is 0 Å². The number of hydrogen-bond acceptors (Lipinski definition) is 4. The summed E-state index contributed by atoms with van der Waals surface area (Å²) in [5.41, 5.74) is 1.58. The van der Waals surface area contributed by atoms with Gasteiger partial charge in [-0.2, -0.15) is 5.26 Å². The van der Waals surface area contributed by atoms with E-state index in [1.54, 1.807) is 12.1 Å². The number of piperazine rings is 1. The maximum Gasteiger partial charge on any atom is 0.222 e. The minimum absolute atomic E-state index is 0.298. The molecule has 1 amide bonds. The van der Waals surface area contributed by atoms with Crippen molar-refractivity contribution in [2.75, 3.05) is 51.2 Å². The van der Waals surface area contributed by atoms with Crippen molar-refractivity contribution in [3.8, 4) is 6.07 Å². The lowest BCUT2D eigenvalue weighted by Crippen LogP contribution is -2.47. The van der Waals surface area contributed by atoms with Gasteiger partial charge in [-0.25, -0.2) is 0 Å². The number of rotatable bonds is 3. The molecular weight excluding hydrogens is 336 g/mol. The van der Waals surface area contributed by atoms with Gasteiger partial charge in [-0.3, -0.25) is 4.79 Å². The molecule has 2 aliphatic heterocycles. The van der Waals surface area contributed by atoms with Gasteiger partial charge in [-0.1, -0.05) is 11.6 Å². The zero-order valence-corrected chi connectivity index (χ0v) is 15.5. The standard InChI is InChI=1S/C19H25ClN4O/c1-22-8-10-24(11-9-22)19(25)12-15-4-6-23(7-5-15)18-13-17(20)3-2-16(18)14-21/h2-3,13,15H,4-12H2,1H3. The van der Waals surface area contributed by atoms with Gasteiger partial charge in [-0.05, 0) is 44.0 Å². The molecule has 134 valence electrons. The Morgan fingerprint density at radius 2 is 1.88 bits per heavy atom. The average molecular weight is 361 g/mol. The van der Waals surface area contributed by atoms with Crippen molar-refractivity contribution in [3.05, 3.63) is 28.8 Å². The molecular formula is C19H25ClN4O. The first-order chi connectivity index (χ1) is 12.1. The Bertz CT molecular complexity index is 656. The minimum atomic E-state index is 0.298. The van der Waals surface area contributed by atoms with Gasteiger partial charge in [0.25, 0.3) is 0 Å². The first kappa shape index (κ1) is 18.0. The molecule has 0 spiro atoms. The third-order valence-corrected chi connectivity index (χ3v) is 5.59. The molecule has 5 nitrogen and oxygen atoms in total. The van der Waals surface area contributed by atoms with Crippen molar-refractivity contribution in [1.29, 1.82) is 5.26 Å². The molecule has 2 fully saturated rings. The Morgan fingerprint density at radius 1 is 1.20 bits per heavy atom. The molecule has 6 heteroatoms. The molecule has 1 aromatic rings. The third kappa shape index (κ3) is 4.45. The molecule has 0 saturated carbocycles. The van der Waals surface area contributed by atoms with Crippen molar-refractivity contribution in [3.63, 3.8) is 0 Å². The number of carbonyl (C=O) groups is 1. The van der Waals surface area contributed by atoms with Crippen LogP contribution < -0.4 is 4.90 Å². The number of amides is 1. The Balaban J connectivity index is 1.53. The summed E-state index contributed by atoms with van der Waals surface area (Å²) < 4.78 is 0. The second-order valence-electron chi connectivity index (χ2n) is 7.09. The zero-order chi connectivity index (χ0) is 17.8. The van der Waals surface area contributed by atoms with E-state index >= 15 is 0 Å². The van der Waals surface area contributed by atoms with E-state index in [1.807, 2.05) is 11.0 Å². The summed E-state index contributed by atoms with van der Waals surface area (Å²) >= 11 is 6.10. The summed E-state index contributed by atoms with van der Waals surface area (Å²) in [6.07, 6.45) is 2.62.